The Labute approximate surface area is 180 Å². The van der Waals surface area contributed by atoms with Crippen LogP contribution in [0.4, 0.5) is 10.5 Å². The van der Waals surface area contributed by atoms with Gasteiger partial charge in [0.05, 0.1) is 0 Å². The van der Waals surface area contributed by atoms with Crippen molar-refractivity contribution in [3.05, 3.63) is 59.7 Å². The molecule has 0 atom stereocenters. The van der Waals surface area contributed by atoms with Crippen molar-refractivity contribution in [3.8, 4) is 5.75 Å². The Morgan fingerprint density at radius 3 is 2.57 bits per heavy atom. The number of ether oxygens (including phenoxy) is 1. The zero-order chi connectivity index (χ0) is 21.1. The van der Waals surface area contributed by atoms with Crippen LogP contribution in [0.5, 0.6) is 5.75 Å². The van der Waals surface area contributed by atoms with Gasteiger partial charge in [-0.3, -0.25) is 0 Å². The molecule has 2 aromatic rings. The van der Waals surface area contributed by atoms with Crippen molar-refractivity contribution in [1.29, 1.82) is 0 Å². The number of benzene rings is 2. The lowest BCUT2D eigenvalue weighted by Gasteiger charge is -2.26. The molecule has 160 valence electrons. The molecule has 0 aromatic heterocycles. The van der Waals surface area contributed by atoms with E-state index in [-0.39, 0.29) is 11.5 Å². The molecule has 2 aromatic carbocycles. The van der Waals surface area contributed by atoms with E-state index in [1.807, 2.05) is 13.1 Å². The van der Waals surface area contributed by atoms with Crippen LogP contribution < -0.4 is 9.64 Å². The molecule has 1 aliphatic heterocycles. The molecule has 4 heteroatoms. The summed E-state index contributed by atoms with van der Waals surface area (Å²) in [6.07, 6.45) is 6.10. The van der Waals surface area contributed by atoms with E-state index in [1.165, 1.54) is 48.9 Å². The zero-order valence-corrected chi connectivity index (χ0v) is 18.6. The molecule has 1 amide bonds. The number of carbonyl (C=O) groups excluding carboxylic acids is 1. The highest BCUT2D eigenvalue weighted by atomic mass is 16.6. The van der Waals surface area contributed by atoms with Crippen LogP contribution in [0.2, 0.25) is 0 Å². The molecule has 0 bridgehead atoms. The first-order chi connectivity index (χ1) is 14.4. The second kappa shape index (κ2) is 8.71. The van der Waals surface area contributed by atoms with Crippen molar-refractivity contribution in [1.82, 2.24) is 4.90 Å². The summed E-state index contributed by atoms with van der Waals surface area (Å²) < 4.78 is 5.76. The number of carbonyl (C=O) groups is 1. The van der Waals surface area contributed by atoms with Gasteiger partial charge in [0.15, 0.2) is 0 Å². The number of fused-ring (bicyclic) bond motifs is 1. The van der Waals surface area contributed by atoms with Gasteiger partial charge in [-0.15, -0.1) is 0 Å². The van der Waals surface area contributed by atoms with Crippen molar-refractivity contribution in [2.45, 2.75) is 57.9 Å². The maximum Gasteiger partial charge on any atom is 0.414 e. The third-order valence-corrected chi connectivity index (χ3v) is 6.61. The number of hydrogen-bond donors (Lipinski definition) is 0. The van der Waals surface area contributed by atoms with E-state index in [9.17, 15) is 4.79 Å². The third-order valence-electron chi connectivity index (χ3n) is 6.61. The van der Waals surface area contributed by atoms with E-state index in [2.05, 4.69) is 61.2 Å². The first-order valence-electron chi connectivity index (χ1n) is 11.3. The quantitative estimate of drug-likeness (QED) is 0.611. The number of nitrogens with zero attached hydrogens (tertiary/aromatic N) is 2. The first-order valence-corrected chi connectivity index (χ1v) is 11.3. The molecule has 1 heterocycles. The van der Waals surface area contributed by atoms with Crippen molar-refractivity contribution < 1.29 is 9.53 Å². The molecule has 0 radical (unpaired) electrons. The molecule has 0 spiro atoms. The SMILES string of the molecule is CN(CC1CCCCC1)C(=O)Oc1ccc2c(c1)C(C)(C)CN2Cc1ccccc1. The van der Waals surface area contributed by atoms with Crippen LogP contribution in [0.3, 0.4) is 0 Å². The van der Waals surface area contributed by atoms with Gasteiger partial charge in [0.1, 0.15) is 5.75 Å². The Bertz CT molecular complexity index is 872. The summed E-state index contributed by atoms with van der Waals surface area (Å²) in [6, 6.07) is 16.7. The van der Waals surface area contributed by atoms with E-state index in [0.717, 1.165) is 19.6 Å². The summed E-state index contributed by atoms with van der Waals surface area (Å²) in [7, 11) is 1.86. The van der Waals surface area contributed by atoms with E-state index < -0.39 is 0 Å². The molecular weight excluding hydrogens is 372 g/mol. The fourth-order valence-corrected chi connectivity index (χ4v) is 5.00. The minimum atomic E-state index is -0.252. The highest BCUT2D eigenvalue weighted by molar-refractivity contribution is 5.72. The highest BCUT2D eigenvalue weighted by Gasteiger charge is 2.35. The summed E-state index contributed by atoms with van der Waals surface area (Å²) in [4.78, 5) is 16.8. The predicted octanol–water partition coefficient (Wildman–Crippen LogP) is 6.00. The molecule has 1 aliphatic carbocycles. The van der Waals surface area contributed by atoms with Crippen molar-refractivity contribution in [2.24, 2.45) is 5.92 Å². The number of anilines is 1. The standard InChI is InChI=1S/C26H34N2O2/c1-26(2)19-28(18-21-12-8-5-9-13-21)24-15-14-22(16-23(24)26)30-25(29)27(3)17-20-10-6-4-7-11-20/h5,8-9,12-16,20H,4,6-7,10-11,17-19H2,1-3H3. The Morgan fingerprint density at radius 1 is 1.10 bits per heavy atom. The minimum Gasteiger partial charge on any atom is -0.410 e. The van der Waals surface area contributed by atoms with Gasteiger partial charge in [-0.05, 0) is 48.1 Å². The van der Waals surface area contributed by atoms with E-state index in [1.54, 1.807) is 4.90 Å². The number of rotatable bonds is 5. The molecule has 4 rings (SSSR count). The van der Waals surface area contributed by atoms with Gasteiger partial charge in [-0.25, -0.2) is 4.79 Å². The second-order valence-corrected chi connectivity index (χ2v) is 9.66. The van der Waals surface area contributed by atoms with Gasteiger partial charge in [0.2, 0.25) is 0 Å². The van der Waals surface area contributed by atoms with Crippen LogP contribution in [0.15, 0.2) is 48.5 Å². The van der Waals surface area contributed by atoms with Gasteiger partial charge in [0.25, 0.3) is 0 Å². The van der Waals surface area contributed by atoms with Gasteiger partial charge in [-0.1, -0.05) is 63.4 Å². The van der Waals surface area contributed by atoms with Crippen LogP contribution >= 0.6 is 0 Å². The van der Waals surface area contributed by atoms with Crippen LogP contribution in [0.1, 0.15) is 57.1 Å². The Kier molecular flexibility index (Phi) is 6.03. The largest absolute Gasteiger partial charge is 0.414 e. The van der Waals surface area contributed by atoms with Crippen LogP contribution in [-0.4, -0.2) is 31.1 Å². The molecule has 0 N–H and O–H groups in total. The summed E-state index contributed by atoms with van der Waals surface area (Å²) >= 11 is 0. The topological polar surface area (TPSA) is 32.8 Å². The summed E-state index contributed by atoms with van der Waals surface area (Å²) in [5.41, 5.74) is 3.81. The normalized spacial score (nSPS) is 18.2. The number of hydrogen-bond acceptors (Lipinski definition) is 3. The Hall–Kier alpha value is -2.49. The van der Waals surface area contributed by atoms with Gasteiger partial charge in [-0.2, -0.15) is 0 Å². The Morgan fingerprint density at radius 2 is 1.83 bits per heavy atom. The van der Waals surface area contributed by atoms with Gasteiger partial charge >= 0.3 is 6.09 Å². The van der Waals surface area contributed by atoms with Crippen molar-refractivity contribution in [2.75, 3.05) is 25.0 Å². The molecule has 4 nitrogen and oxygen atoms in total. The smallest absolute Gasteiger partial charge is 0.410 e. The maximum absolute atomic E-state index is 12.6. The van der Waals surface area contributed by atoms with E-state index in [0.29, 0.717) is 11.7 Å². The van der Waals surface area contributed by atoms with Crippen LogP contribution in [0, 0.1) is 5.92 Å². The molecule has 1 saturated carbocycles. The van der Waals surface area contributed by atoms with Crippen LogP contribution in [0.25, 0.3) is 0 Å². The Balaban J connectivity index is 1.44. The molecule has 1 fully saturated rings. The summed E-state index contributed by atoms with van der Waals surface area (Å²) in [5, 5.41) is 0. The molecule has 2 aliphatic rings. The van der Waals surface area contributed by atoms with E-state index >= 15 is 0 Å². The predicted molar refractivity (Wildman–Crippen MR) is 122 cm³/mol. The summed E-state index contributed by atoms with van der Waals surface area (Å²) in [5.74, 6) is 1.26. The average molecular weight is 407 g/mol. The van der Waals surface area contributed by atoms with Gasteiger partial charge in [0, 0.05) is 37.8 Å². The van der Waals surface area contributed by atoms with Crippen molar-refractivity contribution >= 4 is 11.8 Å². The zero-order valence-electron chi connectivity index (χ0n) is 18.6. The first kappa shape index (κ1) is 20.8. The van der Waals surface area contributed by atoms with Gasteiger partial charge < -0.3 is 14.5 Å². The van der Waals surface area contributed by atoms with E-state index in [4.69, 9.17) is 4.74 Å². The fourth-order valence-electron chi connectivity index (χ4n) is 5.00. The summed E-state index contributed by atoms with van der Waals surface area (Å²) in [6.45, 7) is 7.16. The molecule has 0 unspecified atom stereocenters. The highest BCUT2D eigenvalue weighted by Crippen LogP contribution is 2.43. The fraction of sp³-hybridized carbons (Fsp3) is 0.500. The second-order valence-electron chi connectivity index (χ2n) is 9.66. The maximum atomic E-state index is 12.6. The minimum absolute atomic E-state index is 0.0144. The van der Waals surface area contributed by atoms with Crippen LogP contribution in [-0.2, 0) is 12.0 Å². The lowest BCUT2D eigenvalue weighted by Crippen LogP contribution is -2.34. The third kappa shape index (κ3) is 4.63. The monoisotopic (exact) mass is 406 g/mol. The lowest BCUT2D eigenvalue weighted by molar-refractivity contribution is 0.150. The number of amides is 1. The van der Waals surface area contributed by atoms with Crippen molar-refractivity contribution in [3.63, 3.8) is 0 Å². The molecule has 30 heavy (non-hydrogen) atoms. The molecular formula is C26H34N2O2. The molecule has 0 saturated heterocycles. The lowest BCUT2D eigenvalue weighted by atomic mass is 9.87. The average Bonchev–Trinajstić information content (AvgIpc) is 2.99.